The van der Waals surface area contributed by atoms with Gasteiger partial charge in [0.05, 0.1) is 18.2 Å². The van der Waals surface area contributed by atoms with Crippen LogP contribution < -0.4 is 14.8 Å². The summed E-state index contributed by atoms with van der Waals surface area (Å²) in [5, 5.41) is 25.2. The second-order valence-corrected chi connectivity index (χ2v) is 15.1. The Morgan fingerprint density at radius 2 is 1.45 bits per heavy atom. The van der Waals surface area contributed by atoms with Gasteiger partial charge in [-0.3, -0.25) is 4.79 Å². The van der Waals surface area contributed by atoms with Crippen molar-refractivity contribution in [2.24, 2.45) is 0 Å². The number of amides is 1. The van der Waals surface area contributed by atoms with Crippen LogP contribution in [0.4, 0.5) is 0 Å². The number of carbonyl (C=O) groups is 1. The van der Waals surface area contributed by atoms with Gasteiger partial charge in [0.1, 0.15) is 29.4 Å². The summed E-state index contributed by atoms with van der Waals surface area (Å²) in [6, 6.07) is 33.4. The molecule has 0 aliphatic rings. The zero-order valence-corrected chi connectivity index (χ0v) is 33.0. The van der Waals surface area contributed by atoms with Crippen LogP contribution in [0, 0.1) is 22.7 Å². The number of nitrogens with zero attached hydrogens (tertiary/aromatic N) is 2. The first-order valence-electron chi connectivity index (χ1n) is 18.5. The Morgan fingerprint density at radius 1 is 0.774 bits per heavy atom. The second-order valence-electron chi connectivity index (χ2n) is 14.0. The van der Waals surface area contributed by atoms with Gasteiger partial charge in [0, 0.05) is 32.8 Å². The SMILES string of the molecule is CCCCC.CCCCCNC(=O)c1cccc(Oc2cc(C(C)(C)C)cc3cc(C#N)c(C#N)c(-c4cccc(Sc5cccc(OC)c5)c4)c23)c1. The molecule has 0 atom stereocenters. The molecule has 0 spiro atoms. The van der Waals surface area contributed by atoms with E-state index < -0.39 is 0 Å². The molecule has 0 aliphatic carbocycles. The summed E-state index contributed by atoms with van der Waals surface area (Å²) >= 11 is 1.58. The van der Waals surface area contributed by atoms with E-state index in [0.717, 1.165) is 56.7 Å². The molecule has 0 aromatic heterocycles. The molecule has 274 valence electrons. The molecule has 6 nitrogen and oxygen atoms in total. The van der Waals surface area contributed by atoms with Gasteiger partial charge in [-0.25, -0.2) is 0 Å². The molecular formula is C46H51N3O3S. The number of hydrogen-bond donors (Lipinski definition) is 1. The van der Waals surface area contributed by atoms with Crippen molar-refractivity contribution in [1.29, 1.82) is 10.5 Å². The molecule has 5 aromatic carbocycles. The molecule has 0 saturated carbocycles. The van der Waals surface area contributed by atoms with Crippen molar-refractivity contribution in [2.75, 3.05) is 13.7 Å². The van der Waals surface area contributed by atoms with Gasteiger partial charge in [-0.05, 0) is 89.0 Å². The maximum Gasteiger partial charge on any atom is 0.251 e. The summed E-state index contributed by atoms with van der Waals surface area (Å²) in [5.74, 6) is 1.66. The number of carbonyl (C=O) groups excluding carboxylic acids is 1. The van der Waals surface area contributed by atoms with Crippen molar-refractivity contribution in [3.05, 3.63) is 113 Å². The quantitative estimate of drug-likeness (QED) is 0.121. The number of benzene rings is 5. The van der Waals surface area contributed by atoms with Crippen molar-refractivity contribution < 1.29 is 14.3 Å². The number of methoxy groups -OCH3 is 1. The minimum absolute atomic E-state index is 0.152. The summed E-state index contributed by atoms with van der Waals surface area (Å²) in [6.07, 6.45) is 7.15. The van der Waals surface area contributed by atoms with Crippen LogP contribution in [-0.2, 0) is 5.41 Å². The first-order chi connectivity index (χ1) is 25.6. The maximum atomic E-state index is 13.0. The number of ether oxygens (including phenoxy) is 2. The van der Waals surface area contributed by atoms with Gasteiger partial charge < -0.3 is 14.8 Å². The van der Waals surface area contributed by atoms with E-state index in [1.165, 1.54) is 19.3 Å². The Kier molecular flexibility index (Phi) is 15.0. The van der Waals surface area contributed by atoms with Crippen LogP contribution in [0.2, 0.25) is 0 Å². The topological polar surface area (TPSA) is 95.1 Å². The Hall–Kier alpha value is -5.24. The fourth-order valence-corrected chi connectivity index (χ4v) is 6.81. The Labute approximate surface area is 320 Å². The van der Waals surface area contributed by atoms with Crippen LogP contribution in [-0.4, -0.2) is 19.6 Å². The van der Waals surface area contributed by atoms with Gasteiger partial charge >= 0.3 is 0 Å². The second kappa shape index (κ2) is 19.6. The smallest absolute Gasteiger partial charge is 0.251 e. The van der Waals surface area contributed by atoms with E-state index in [1.807, 2.05) is 60.7 Å². The molecule has 7 heteroatoms. The predicted octanol–water partition coefficient (Wildman–Crippen LogP) is 12.6. The lowest BCUT2D eigenvalue weighted by Crippen LogP contribution is -2.24. The van der Waals surface area contributed by atoms with Crippen molar-refractivity contribution in [3.63, 3.8) is 0 Å². The fraction of sp³-hybridized carbons (Fsp3) is 0.326. The van der Waals surface area contributed by atoms with Gasteiger partial charge in [-0.15, -0.1) is 0 Å². The minimum atomic E-state index is -0.235. The first kappa shape index (κ1) is 40.5. The monoisotopic (exact) mass is 725 g/mol. The lowest BCUT2D eigenvalue weighted by Gasteiger charge is -2.23. The van der Waals surface area contributed by atoms with Crippen molar-refractivity contribution in [3.8, 4) is 40.5 Å². The molecule has 5 aromatic rings. The third kappa shape index (κ3) is 10.9. The lowest BCUT2D eigenvalue weighted by molar-refractivity contribution is 0.0952. The van der Waals surface area contributed by atoms with Crippen LogP contribution in [0.5, 0.6) is 17.2 Å². The number of rotatable bonds is 13. The number of fused-ring (bicyclic) bond motifs is 1. The van der Waals surface area contributed by atoms with Crippen molar-refractivity contribution in [2.45, 2.75) is 95.3 Å². The molecule has 0 fully saturated rings. The molecule has 0 bridgehead atoms. The van der Waals surface area contributed by atoms with Crippen molar-refractivity contribution in [1.82, 2.24) is 5.32 Å². The van der Waals surface area contributed by atoms with E-state index in [4.69, 9.17) is 9.47 Å². The fourth-order valence-electron chi connectivity index (χ4n) is 5.89. The molecule has 5 rings (SSSR count). The summed E-state index contributed by atoms with van der Waals surface area (Å²) in [5.41, 5.74) is 3.27. The van der Waals surface area contributed by atoms with E-state index in [2.05, 4.69) is 65.1 Å². The molecule has 1 N–H and O–H groups in total. The van der Waals surface area contributed by atoms with Crippen LogP contribution in [0.25, 0.3) is 21.9 Å². The highest BCUT2D eigenvalue weighted by Gasteiger charge is 2.23. The van der Waals surface area contributed by atoms with Crippen LogP contribution >= 0.6 is 11.8 Å². The highest BCUT2D eigenvalue weighted by Crippen LogP contribution is 2.44. The van der Waals surface area contributed by atoms with Crippen LogP contribution in [0.15, 0.2) is 101 Å². The Balaban J connectivity index is 0.00000117. The van der Waals surface area contributed by atoms with Gasteiger partial charge in [0.2, 0.25) is 0 Å². The average molecular weight is 726 g/mol. The number of hydrogen-bond acceptors (Lipinski definition) is 6. The zero-order valence-electron chi connectivity index (χ0n) is 32.1. The molecule has 0 aliphatic heterocycles. The highest BCUT2D eigenvalue weighted by molar-refractivity contribution is 7.99. The highest BCUT2D eigenvalue weighted by atomic mass is 32.2. The van der Waals surface area contributed by atoms with Gasteiger partial charge in [0.15, 0.2) is 0 Å². The van der Waals surface area contributed by atoms with E-state index in [9.17, 15) is 15.3 Å². The zero-order chi connectivity index (χ0) is 38.4. The third-order valence-electron chi connectivity index (χ3n) is 8.80. The molecule has 0 radical (unpaired) electrons. The van der Waals surface area contributed by atoms with Crippen LogP contribution in [0.3, 0.4) is 0 Å². The average Bonchev–Trinajstić information content (AvgIpc) is 3.16. The molecular weight excluding hydrogens is 675 g/mol. The first-order valence-corrected chi connectivity index (χ1v) is 19.3. The molecule has 0 saturated heterocycles. The maximum absolute atomic E-state index is 13.0. The molecule has 53 heavy (non-hydrogen) atoms. The van der Waals surface area contributed by atoms with E-state index in [0.29, 0.717) is 34.7 Å². The summed E-state index contributed by atoms with van der Waals surface area (Å²) in [4.78, 5) is 14.9. The van der Waals surface area contributed by atoms with Gasteiger partial charge in [-0.1, -0.05) is 116 Å². The standard InChI is InChI=1S/C41H39N3O3S.C5H12/c1-6-7-8-18-44-40(45)28-13-9-15-33(21-28)47-37-23-31(41(2,3)4)20-29-19-30(25-42)36(26-43)38(39(29)37)27-12-10-16-34(22-27)48-35-17-11-14-32(24-35)46-5;1-3-5-4-2/h9-17,19-24H,6-8,18H2,1-5H3,(H,44,45);3-5H2,1-2H3. The third-order valence-corrected chi connectivity index (χ3v) is 9.78. The largest absolute Gasteiger partial charge is 0.497 e. The minimum Gasteiger partial charge on any atom is -0.497 e. The van der Waals surface area contributed by atoms with Gasteiger partial charge in [-0.2, -0.15) is 10.5 Å². The Bertz CT molecular complexity index is 2100. The lowest BCUT2D eigenvalue weighted by atomic mass is 9.83. The number of nitrogens with one attached hydrogen (secondary N) is 1. The van der Waals surface area contributed by atoms with Crippen molar-refractivity contribution >= 4 is 28.4 Å². The van der Waals surface area contributed by atoms with Crippen LogP contribution in [0.1, 0.15) is 107 Å². The van der Waals surface area contributed by atoms with E-state index >= 15 is 0 Å². The molecule has 1 amide bonds. The van der Waals surface area contributed by atoms with Gasteiger partial charge in [0.25, 0.3) is 5.91 Å². The normalized spacial score (nSPS) is 10.8. The number of unbranched alkanes of at least 4 members (excludes halogenated alkanes) is 4. The molecule has 0 unspecified atom stereocenters. The summed E-state index contributed by atoms with van der Waals surface area (Å²) in [7, 11) is 1.64. The van der Waals surface area contributed by atoms with E-state index in [1.54, 1.807) is 43.1 Å². The molecule has 0 heterocycles. The Morgan fingerprint density at radius 3 is 2.09 bits per heavy atom. The predicted molar refractivity (Wildman–Crippen MR) is 218 cm³/mol. The number of nitriles is 2. The summed E-state index contributed by atoms with van der Waals surface area (Å²) in [6.45, 7) is 13.5. The summed E-state index contributed by atoms with van der Waals surface area (Å²) < 4.78 is 12.1. The van der Waals surface area contributed by atoms with E-state index in [-0.39, 0.29) is 16.9 Å².